The predicted octanol–water partition coefficient (Wildman–Crippen LogP) is 1.99. The Morgan fingerprint density at radius 2 is 1.73 bits per heavy atom. The third-order valence-electron chi connectivity index (χ3n) is 2.21. The average Bonchev–Trinajstić information content (AvgIpc) is 2.14. The molecule has 0 fully saturated rings. The van der Waals surface area contributed by atoms with E-state index in [1.165, 1.54) is 5.19 Å². The van der Waals surface area contributed by atoms with E-state index in [0.717, 1.165) is 5.75 Å². The second-order valence-electron chi connectivity index (χ2n) is 4.93. The van der Waals surface area contributed by atoms with Crippen LogP contribution >= 0.6 is 0 Å². The Kier molecular flexibility index (Phi) is 3.94. The molecule has 0 saturated carbocycles. The van der Waals surface area contributed by atoms with Crippen molar-refractivity contribution in [1.29, 1.82) is 0 Å². The van der Waals surface area contributed by atoms with Crippen molar-refractivity contribution in [2.45, 2.75) is 32.7 Å². The molecule has 1 aromatic rings. The van der Waals surface area contributed by atoms with Crippen molar-refractivity contribution in [2.24, 2.45) is 0 Å². The Morgan fingerprint density at radius 1 is 1.20 bits per heavy atom. The minimum absolute atomic E-state index is 0.353. The SMILES string of the molecule is CC(O)COc1ccc([Si](C)(C)C)cc1. The molecule has 0 heterocycles. The van der Waals surface area contributed by atoms with Crippen LogP contribution in [0.1, 0.15) is 6.92 Å². The van der Waals surface area contributed by atoms with E-state index in [0.29, 0.717) is 6.61 Å². The summed E-state index contributed by atoms with van der Waals surface area (Å²) in [7, 11) is -1.21. The molecule has 0 aromatic heterocycles. The normalized spacial score (nSPS) is 13.7. The Hall–Kier alpha value is -0.803. The zero-order valence-electron chi connectivity index (χ0n) is 9.95. The van der Waals surface area contributed by atoms with Gasteiger partial charge in [-0.25, -0.2) is 0 Å². The Bertz CT molecular complexity index is 298. The first-order chi connectivity index (χ1) is 6.89. The third-order valence-corrected chi connectivity index (χ3v) is 4.28. The molecule has 15 heavy (non-hydrogen) atoms. The van der Waals surface area contributed by atoms with E-state index < -0.39 is 14.2 Å². The van der Waals surface area contributed by atoms with E-state index in [1.54, 1.807) is 6.92 Å². The highest BCUT2D eigenvalue weighted by Crippen LogP contribution is 2.11. The van der Waals surface area contributed by atoms with E-state index >= 15 is 0 Å². The number of aliphatic hydroxyl groups is 1. The van der Waals surface area contributed by atoms with E-state index in [-0.39, 0.29) is 0 Å². The largest absolute Gasteiger partial charge is 0.491 e. The van der Waals surface area contributed by atoms with Gasteiger partial charge in [0.1, 0.15) is 12.4 Å². The molecule has 0 aliphatic heterocycles. The molecule has 3 heteroatoms. The summed E-state index contributed by atoms with van der Waals surface area (Å²) in [4.78, 5) is 0. The van der Waals surface area contributed by atoms with Crippen molar-refractivity contribution in [1.82, 2.24) is 0 Å². The molecule has 0 amide bonds. The van der Waals surface area contributed by atoms with Gasteiger partial charge in [-0.15, -0.1) is 0 Å². The summed E-state index contributed by atoms with van der Waals surface area (Å²) in [6.07, 6.45) is -0.415. The van der Waals surface area contributed by atoms with Gasteiger partial charge in [-0.2, -0.15) is 0 Å². The summed E-state index contributed by atoms with van der Waals surface area (Å²) in [6.45, 7) is 9.03. The maximum Gasteiger partial charge on any atom is 0.119 e. The van der Waals surface area contributed by atoms with Crippen molar-refractivity contribution in [3.8, 4) is 5.75 Å². The van der Waals surface area contributed by atoms with Crippen LogP contribution in [0.3, 0.4) is 0 Å². The van der Waals surface area contributed by atoms with Gasteiger partial charge in [0.25, 0.3) is 0 Å². The molecular formula is C12H20O2Si. The lowest BCUT2D eigenvalue weighted by atomic mass is 10.3. The zero-order chi connectivity index (χ0) is 11.5. The molecule has 0 aliphatic rings. The highest BCUT2D eigenvalue weighted by Gasteiger charge is 2.15. The first kappa shape index (κ1) is 12.3. The van der Waals surface area contributed by atoms with E-state index in [1.807, 2.05) is 12.1 Å². The number of rotatable bonds is 4. The van der Waals surface area contributed by atoms with Crippen molar-refractivity contribution in [3.63, 3.8) is 0 Å². The molecular weight excluding hydrogens is 204 g/mol. The molecule has 0 radical (unpaired) electrons. The Morgan fingerprint density at radius 3 is 2.13 bits per heavy atom. The van der Waals surface area contributed by atoms with Gasteiger partial charge in [-0.3, -0.25) is 0 Å². The predicted molar refractivity (Wildman–Crippen MR) is 66.6 cm³/mol. The monoisotopic (exact) mass is 224 g/mol. The molecule has 1 N–H and O–H groups in total. The minimum Gasteiger partial charge on any atom is -0.491 e. The summed E-state index contributed by atoms with van der Waals surface area (Å²) in [5, 5.41) is 10.5. The first-order valence-corrected chi connectivity index (χ1v) is 8.81. The topological polar surface area (TPSA) is 29.5 Å². The maximum atomic E-state index is 9.08. The molecule has 1 unspecified atom stereocenters. The van der Waals surface area contributed by atoms with Crippen molar-refractivity contribution in [3.05, 3.63) is 24.3 Å². The van der Waals surface area contributed by atoms with Gasteiger partial charge in [0.05, 0.1) is 14.2 Å². The van der Waals surface area contributed by atoms with Crippen molar-refractivity contribution >= 4 is 13.3 Å². The van der Waals surface area contributed by atoms with Gasteiger partial charge in [0.2, 0.25) is 0 Å². The van der Waals surface area contributed by atoms with Crippen molar-refractivity contribution in [2.75, 3.05) is 6.61 Å². The van der Waals surface area contributed by atoms with Crippen LogP contribution in [0.5, 0.6) is 5.75 Å². The highest BCUT2D eigenvalue weighted by molar-refractivity contribution is 6.88. The molecule has 0 saturated heterocycles. The van der Waals surface area contributed by atoms with Gasteiger partial charge in [0, 0.05) is 0 Å². The fourth-order valence-electron chi connectivity index (χ4n) is 1.27. The van der Waals surface area contributed by atoms with Crippen molar-refractivity contribution < 1.29 is 9.84 Å². The lowest BCUT2D eigenvalue weighted by Gasteiger charge is -2.17. The van der Waals surface area contributed by atoms with Crippen LogP contribution in [-0.4, -0.2) is 25.9 Å². The lowest BCUT2D eigenvalue weighted by Crippen LogP contribution is -2.37. The molecule has 0 spiro atoms. The molecule has 84 valence electrons. The van der Waals surface area contributed by atoms with E-state index in [9.17, 15) is 0 Å². The molecule has 0 bridgehead atoms. The van der Waals surface area contributed by atoms with Crippen LogP contribution < -0.4 is 9.92 Å². The summed E-state index contributed by atoms with van der Waals surface area (Å²) in [6, 6.07) is 8.22. The van der Waals surface area contributed by atoms with Crippen LogP contribution in [0.2, 0.25) is 19.6 Å². The lowest BCUT2D eigenvalue weighted by molar-refractivity contribution is 0.123. The fraction of sp³-hybridized carbons (Fsp3) is 0.500. The average molecular weight is 224 g/mol. The zero-order valence-corrected chi connectivity index (χ0v) is 10.9. The molecule has 1 rings (SSSR count). The second kappa shape index (κ2) is 4.81. The summed E-state index contributed by atoms with van der Waals surface area (Å²) >= 11 is 0. The minimum atomic E-state index is -1.21. The molecule has 2 nitrogen and oxygen atoms in total. The number of aliphatic hydroxyl groups excluding tert-OH is 1. The van der Waals surface area contributed by atoms with Gasteiger partial charge >= 0.3 is 0 Å². The van der Waals surface area contributed by atoms with Gasteiger partial charge < -0.3 is 9.84 Å². The maximum absolute atomic E-state index is 9.08. The first-order valence-electron chi connectivity index (χ1n) is 5.31. The number of hydrogen-bond donors (Lipinski definition) is 1. The number of hydrogen-bond acceptors (Lipinski definition) is 2. The van der Waals surface area contributed by atoms with Crippen LogP contribution in [0.4, 0.5) is 0 Å². The van der Waals surface area contributed by atoms with Crippen LogP contribution in [0.25, 0.3) is 0 Å². The fourth-order valence-corrected chi connectivity index (χ4v) is 2.43. The van der Waals surface area contributed by atoms with Crippen LogP contribution in [0, 0.1) is 0 Å². The van der Waals surface area contributed by atoms with E-state index in [2.05, 4.69) is 31.8 Å². The molecule has 0 aliphatic carbocycles. The third kappa shape index (κ3) is 4.06. The van der Waals surface area contributed by atoms with E-state index in [4.69, 9.17) is 9.84 Å². The van der Waals surface area contributed by atoms with Crippen LogP contribution in [-0.2, 0) is 0 Å². The summed E-state index contributed by atoms with van der Waals surface area (Å²) in [5.74, 6) is 0.831. The smallest absolute Gasteiger partial charge is 0.119 e. The van der Waals surface area contributed by atoms with Crippen LogP contribution in [0.15, 0.2) is 24.3 Å². The van der Waals surface area contributed by atoms with Gasteiger partial charge in [0.15, 0.2) is 0 Å². The quantitative estimate of drug-likeness (QED) is 0.793. The second-order valence-corrected chi connectivity index (χ2v) is 10.0. The summed E-state index contributed by atoms with van der Waals surface area (Å²) < 4.78 is 5.40. The van der Waals surface area contributed by atoms with Gasteiger partial charge in [-0.05, 0) is 19.1 Å². The highest BCUT2D eigenvalue weighted by atomic mass is 28.3. The number of benzene rings is 1. The summed E-state index contributed by atoms with van der Waals surface area (Å²) in [5.41, 5.74) is 0. The molecule has 1 atom stereocenters. The Balaban J connectivity index is 2.65. The standard InChI is InChI=1S/C12H20O2Si/c1-10(13)9-14-11-5-7-12(8-6-11)15(2,3)4/h5-8,10,13H,9H2,1-4H3. The van der Waals surface area contributed by atoms with Gasteiger partial charge in [-0.1, -0.05) is 37.0 Å². The Labute approximate surface area is 92.9 Å². The number of ether oxygens (including phenoxy) is 1. The molecule has 1 aromatic carbocycles.